The minimum absolute atomic E-state index is 0.0203. The van der Waals surface area contributed by atoms with Gasteiger partial charge in [-0.2, -0.15) is 0 Å². The van der Waals surface area contributed by atoms with Crippen LogP contribution in [0.1, 0.15) is 28.8 Å². The van der Waals surface area contributed by atoms with Gasteiger partial charge >= 0.3 is 5.97 Å². The summed E-state index contributed by atoms with van der Waals surface area (Å²) in [5, 5.41) is 13.2. The van der Waals surface area contributed by atoms with Crippen molar-refractivity contribution in [2.45, 2.75) is 25.9 Å². The number of oxime groups is 1. The van der Waals surface area contributed by atoms with Gasteiger partial charge in [0.05, 0.1) is 11.7 Å². The highest BCUT2D eigenvalue weighted by atomic mass is 16.6. The monoisotopic (exact) mass is 265 g/mol. The Kier molecular flexibility index (Phi) is 6.60. The SMILES string of the molecule is CON=CCC[C@H](O)COC(=O)c1ccc(C)cc1. The van der Waals surface area contributed by atoms with Crippen molar-refractivity contribution in [3.63, 3.8) is 0 Å². The maximum atomic E-state index is 11.7. The molecule has 0 bridgehead atoms. The second-order valence-corrected chi connectivity index (χ2v) is 4.17. The first-order valence-electron chi connectivity index (χ1n) is 6.10. The van der Waals surface area contributed by atoms with Gasteiger partial charge in [-0.15, -0.1) is 0 Å². The van der Waals surface area contributed by atoms with Crippen LogP contribution in [0.4, 0.5) is 0 Å². The molecule has 19 heavy (non-hydrogen) atoms. The van der Waals surface area contributed by atoms with E-state index in [9.17, 15) is 9.90 Å². The third-order valence-corrected chi connectivity index (χ3v) is 2.50. The predicted octanol–water partition coefficient (Wildman–Crippen LogP) is 1.93. The van der Waals surface area contributed by atoms with E-state index in [1.807, 2.05) is 19.1 Å². The van der Waals surface area contributed by atoms with E-state index in [-0.39, 0.29) is 6.61 Å². The van der Waals surface area contributed by atoms with Crippen LogP contribution in [0.3, 0.4) is 0 Å². The molecule has 0 amide bonds. The summed E-state index contributed by atoms with van der Waals surface area (Å²) in [5.41, 5.74) is 1.56. The Morgan fingerprint density at radius 2 is 2.11 bits per heavy atom. The Labute approximate surface area is 112 Å². The number of rotatable bonds is 7. The molecule has 0 aromatic heterocycles. The number of ether oxygens (including phenoxy) is 1. The Morgan fingerprint density at radius 1 is 1.42 bits per heavy atom. The van der Waals surface area contributed by atoms with Crippen LogP contribution in [-0.2, 0) is 9.57 Å². The number of aliphatic hydroxyl groups excluding tert-OH is 1. The summed E-state index contributed by atoms with van der Waals surface area (Å²) in [6.45, 7) is 1.92. The molecule has 0 spiro atoms. The maximum absolute atomic E-state index is 11.7. The number of hydrogen-bond donors (Lipinski definition) is 1. The van der Waals surface area contributed by atoms with Crippen LogP contribution in [0, 0.1) is 6.92 Å². The zero-order valence-electron chi connectivity index (χ0n) is 11.2. The van der Waals surface area contributed by atoms with Gasteiger partial charge in [-0.25, -0.2) is 4.79 Å². The van der Waals surface area contributed by atoms with E-state index in [2.05, 4.69) is 9.99 Å². The lowest BCUT2D eigenvalue weighted by molar-refractivity contribution is 0.0243. The van der Waals surface area contributed by atoms with Gasteiger partial charge in [0.2, 0.25) is 0 Å². The van der Waals surface area contributed by atoms with E-state index in [0.717, 1.165) is 5.56 Å². The summed E-state index contributed by atoms with van der Waals surface area (Å²) >= 11 is 0. The van der Waals surface area contributed by atoms with Crippen LogP contribution in [0.2, 0.25) is 0 Å². The molecular formula is C14H19NO4. The Balaban J connectivity index is 2.29. The molecule has 0 fully saturated rings. The molecule has 0 unspecified atom stereocenters. The number of aliphatic hydroxyl groups is 1. The highest BCUT2D eigenvalue weighted by Crippen LogP contribution is 2.06. The Hall–Kier alpha value is -1.88. The van der Waals surface area contributed by atoms with Crippen LogP contribution in [0.25, 0.3) is 0 Å². The number of hydrogen-bond acceptors (Lipinski definition) is 5. The largest absolute Gasteiger partial charge is 0.459 e. The van der Waals surface area contributed by atoms with Crippen molar-refractivity contribution < 1.29 is 19.5 Å². The summed E-state index contributed by atoms with van der Waals surface area (Å²) in [5.74, 6) is -0.426. The fourth-order valence-corrected chi connectivity index (χ4v) is 1.42. The molecule has 0 saturated carbocycles. The molecule has 0 aliphatic heterocycles. The number of esters is 1. The lowest BCUT2D eigenvalue weighted by Crippen LogP contribution is -2.18. The Bertz CT molecular complexity index is 414. The molecule has 1 aromatic rings. The van der Waals surface area contributed by atoms with E-state index < -0.39 is 12.1 Å². The average Bonchev–Trinajstić information content (AvgIpc) is 2.42. The molecule has 1 aromatic carbocycles. The first-order valence-corrected chi connectivity index (χ1v) is 6.10. The highest BCUT2D eigenvalue weighted by Gasteiger charge is 2.10. The van der Waals surface area contributed by atoms with Gasteiger partial charge in [-0.3, -0.25) is 0 Å². The number of carbonyl (C=O) groups excluding carboxylic acids is 1. The Morgan fingerprint density at radius 3 is 2.74 bits per heavy atom. The van der Waals surface area contributed by atoms with Crippen molar-refractivity contribution in [2.75, 3.05) is 13.7 Å². The quantitative estimate of drug-likeness (QED) is 0.464. The zero-order valence-corrected chi connectivity index (χ0v) is 11.2. The maximum Gasteiger partial charge on any atom is 0.338 e. The molecule has 0 radical (unpaired) electrons. The molecule has 104 valence electrons. The van der Waals surface area contributed by atoms with Crippen molar-refractivity contribution in [2.24, 2.45) is 5.16 Å². The summed E-state index contributed by atoms with van der Waals surface area (Å²) < 4.78 is 5.02. The summed E-state index contributed by atoms with van der Waals surface area (Å²) in [6.07, 6.45) is 1.90. The molecule has 0 saturated heterocycles. The van der Waals surface area contributed by atoms with Gasteiger partial charge < -0.3 is 14.7 Å². The second-order valence-electron chi connectivity index (χ2n) is 4.17. The standard InChI is InChI=1S/C14H19NO4/c1-11-5-7-12(8-6-11)14(17)19-10-13(16)4-3-9-15-18-2/h5-9,13,16H,3-4,10H2,1-2H3/t13-/m0/s1. The lowest BCUT2D eigenvalue weighted by atomic mass is 10.1. The van der Waals surface area contributed by atoms with Crippen molar-refractivity contribution in [3.8, 4) is 0 Å². The minimum Gasteiger partial charge on any atom is -0.459 e. The zero-order chi connectivity index (χ0) is 14.1. The molecule has 5 heteroatoms. The van der Waals surface area contributed by atoms with Crippen LogP contribution in [0.15, 0.2) is 29.4 Å². The van der Waals surface area contributed by atoms with Gasteiger partial charge in [-0.1, -0.05) is 22.9 Å². The van der Waals surface area contributed by atoms with Crippen molar-refractivity contribution >= 4 is 12.2 Å². The number of benzene rings is 1. The first-order chi connectivity index (χ1) is 9.13. The molecule has 5 nitrogen and oxygen atoms in total. The summed E-state index contributed by atoms with van der Waals surface area (Å²) in [7, 11) is 1.45. The lowest BCUT2D eigenvalue weighted by Gasteiger charge is -2.10. The molecule has 0 aliphatic carbocycles. The van der Waals surface area contributed by atoms with E-state index in [0.29, 0.717) is 18.4 Å². The van der Waals surface area contributed by atoms with Crippen LogP contribution in [0.5, 0.6) is 0 Å². The third-order valence-electron chi connectivity index (χ3n) is 2.50. The van der Waals surface area contributed by atoms with Crippen LogP contribution < -0.4 is 0 Å². The van der Waals surface area contributed by atoms with Gasteiger partial charge in [0.1, 0.15) is 13.7 Å². The smallest absolute Gasteiger partial charge is 0.338 e. The number of nitrogens with zero attached hydrogens (tertiary/aromatic N) is 1. The molecule has 1 rings (SSSR count). The fourth-order valence-electron chi connectivity index (χ4n) is 1.42. The van der Waals surface area contributed by atoms with Gasteiger partial charge in [0, 0.05) is 6.21 Å². The van der Waals surface area contributed by atoms with E-state index in [1.165, 1.54) is 7.11 Å². The van der Waals surface area contributed by atoms with Crippen molar-refractivity contribution in [3.05, 3.63) is 35.4 Å². The van der Waals surface area contributed by atoms with Gasteiger partial charge in [0.15, 0.2) is 0 Å². The van der Waals surface area contributed by atoms with Crippen LogP contribution in [-0.4, -0.2) is 37.1 Å². The topological polar surface area (TPSA) is 68.1 Å². The minimum atomic E-state index is -0.697. The third kappa shape index (κ3) is 6.01. The van der Waals surface area contributed by atoms with Gasteiger partial charge in [0.25, 0.3) is 0 Å². The first kappa shape index (κ1) is 15.2. The molecule has 1 N–H and O–H groups in total. The van der Waals surface area contributed by atoms with Crippen molar-refractivity contribution in [1.29, 1.82) is 0 Å². The fraction of sp³-hybridized carbons (Fsp3) is 0.429. The van der Waals surface area contributed by atoms with Crippen molar-refractivity contribution in [1.82, 2.24) is 0 Å². The second kappa shape index (κ2) is 8.26. The predicted molar refractivity (Wildman–Crippen MR) is 72.2 cm³/mol. The summed E-state index contributed by atoms with van der Waals surface area (Å²) in [6, 6.07) is 7.09. The van der Waals surface area contributed by atoms with E-state index >= 15 is 0 Å². The highest BCUT2D eigenvalue weighted by molar-refractivity contribution is 5.89. The molecule has 1 atom stereocenters. The molecule has 0 heterocycles. The molecule has 0 aliphatic rings. The number of aryl methyl sites for hydroxylation is 1. The molecular weight excluding hydrogens is 246 g/mol. The summed E-state index contributed by atoms with van der Waals surface area (Å²) in [4.78, 5) is 16.1. The average molecular weight is 265 g/mol. The van der Waals surface area contributed by atoms with E-state index in [1.54, 1.807) is 18.3 Å². The van der Waals surface area contributed by atoms with Crippen LogP contribution >= 0.6 is 0 Å². The van der Waals surface area contributed by atoms with Gasteiger partial charge in [-0.05, 0) is 31.9 Å². The normalized spacial score (nSPS) is 12.4. The number of carbonyl (C=O) groups is 1. The van der Waals surface area contributed by atoms with E-state index in [4.69, 9.17) is 4.74 Å².